The van der Waals surface area contributed by atoms with Crippen LogP contribution in [0.25, 0.3) is 10.9 Å². The number of aromatic amines is 1. The van der Waals surface area contributed by atoms with Crippen molar-refractivity contribution in [3.63, 3.8) is 0 Å². The van der Waals surface area contributed by atoms with Crippen LogP contribution in [0.1, 0.15) is 24.3 Å². The van der Waals surface area contributed by atoms with E-state index >= 15 is 0 Å². The zero-order chi connectivity index (χ0) is 19.8. The Bertz CT molecular complexity index is 847. The maximum Gasteiger partial charge on any atom is 0.413 e. The molecular weight excluding hydrogens is 356 g/mol. The Morgan fingerprint density at radius 1 is 1.15 bits per heavy atom. The molecule has 0 saturated carbocycles. The van der Waals surface area contributed by atoms with E-state index in [0.29, 0.717) is 10.9 Å². The molecule has 0 fully saturated rings. The number of carbonyl (C=O) groups excluding carboxylic acids is 4. The summed E-state index contributed by atoms with van der Waals surface area (Å²) in [6, 6.07) is 7.00. The second-order valence-electron chi connectivity index (χ2n) is 5.37. The standard InChI is InChI=1S/C17H20N4O6/c1-3-21(9-13(22)18-17(25)26-4-2)14(23)10-27-16(24)15-11-7-5-6-8-12(11)19-20-15/h5-8H,3-4,9-10H2,1-2H3,(H,19,20)(H,18,22,25). The number of aromatic nitrogens is 2. The molecule has 144 valence electrons. The van der Waals surface area contributed by atoms with Crippen molar-refractivity contribution in [2.24, 2.45) is 0 Å². The van der Waals surface area contributed by atoms with Crippen LogP contribution in [0.3, 0.4) is 0 Å². The number of fused-ring (bicyclic) bond motifs is 1. The number of esters is 1. The van der Waals surface area contributed by atoms with Gasteiger partial charge in [0.05, 0.1) is 12.1 Å². The van der Waals surface area contributed by atoms with Gasteiger partial charge in [-0.25, -0.2) is 9.59 Å². The lowest BCUT2D eigenvalue weighted by Gasteiger charge is -2.19. The molecule has 10 heteroatoms. The zero-order valence-corrected chi connectivity index (χ0v) is 15.0. The van der Waals surface area contributed by atoms with Gasteiger partial charge in [0.15, 0.2) is 12.3 Å². The lowest BCUT2D eigenvalue weighted by atomic mass is 10.2. The molecule has 3 amide bonds. The summed E-state index contributed by atoms with van der Waals surface area (Å²) in [6.45, 7) is 2.64. The number of hydrogen-bond donors (Lipinski definition) is 2. The molecular formula is C17H20N4O6. The number of amides is 3. The Labute approximate surface area is 154 Å². The van der Waals surface area contributed by atoms with E-state index in [0.717, 1.165) is 4.90 Å². The van der Waals surface area contributed by atoms with Gasteiger partial charge in [-0.2, -0.15) is 5.10 Å². The van der Waals surface area contributed by atoms with Crippen LogP contribution < -0.4 is 5.32 Å². The van der Waals surface area contributed by atoms with Crippen LogP contribution in [-0.4, -0.2) is 65.3 Å². The first kappa shape index (κ1) is 19.9. The van der Waals surface area contributed by atoms with Crippen LogP contribution in [0.4, 0.5) is 4.79 Å². The van der Waals surface area contributed by atoms with Crippen molar-refractivity contribution in [3.05, 3.63) is 30.0 Å². The lowest BCUT2D eigenvalue weighted by Crippen LogP contribution is -2.44. The first-order chi connectivity index (χ1) is 13.0. The van der Waals surface area contributed by atoms with Gasteiger partial charge in [-0.05, 0) is 19.9 Å². The summed E-state index contributed by atoms with van der Waals surface area (Å²) in [5.74, 6) is -2.04. The Hall–Kier alpha value is -3.43. The molecule has 0 bridgehead atoms. The summed E-state index contributed by atoms with van der Waals surface area (Å²) in [7, 11) is 0. The van der Waals surface area contributed by atoms with Crippen LogP contribution in [0, 0.1) is 0 Å². The van der Waals surface area contributed by atoms with E-state index in [9.17, 15) is 19.2 Å². The summed E-state index contributed by atoms with van der Waals surface area (Å²) in [6.07, 6.45) is -0.886. The molecule has 0 spiro atoms. The van der Waals surface area contributed by atoms with Crippen molar-refractivity contribution in [1.82, 2.24) is 20.4 Å². The number of alkyl carbamates (subject to hydrolysis) is 1. The molecule has 2 N–H and O–H groups in total. The number of benzene rings is 1. The molecule has 0 aliphatic rings. The molecule has 0 aliphatic heterocycles. The fourth-order valence-electron chi connectivity index (χ4n) is 2.28. The molecule has 0 unspecified atom stereocenters. The summed E-state index contributed by atoms with van der Waals surface area (Å²) in [4.78, 5) is 48.4. The van der Waals surface area contributed by atoms with Gasteiger partial charge in [0, 0.05) is 11.9 Å². The lowest BCUT2D eigenvalue weighted by molar-refractivity contribution is -0.138. The van der Waals surface area contributed by atoms with E-state index in [-0.39, 0.29) is 25.4 Å². The second-order valence-corrected chi connectivity index (χ2v) is 5.37. The average molecular weight is 376 g/mol. The molecule has 0 saturated heterocycles. The van der Waals surface area contributed by atoms with E-state index in [1.807, 2.05) is 5.32 Å². The second kappa shape index (κ2) is 9.32. The number of H-pyrrole nitrogens is 1. The Kier molecular flexibility index (Phi) is 6.86. The van der Waals surface area contributed by atoms with Crippen LogP contribution in [-0.2, 0) is 19.1 Å². The quantitative estimate of drug-likeness (QED) is 0.685. The Morgan fingerprint density at radius 3 is 2.59 bits per heavy atom. The van der Waals surface area contributed by atoms with Gasteiger partial charge >= 0.3 is 12.1 Å². The molecule has 2 aromatic rings. The number of hydrogen-bond acceptors (Lipinski definition) is 7. The van der Waals surface area contributed by atoms with E-state index < -0.39 is 30.5 Å². The number of rotatable bonds is 7. The minimum Gasteiger partial charge on any atom is -0.451 e. The topological polar surface area (TPSA) is 131 Å². The van der Waals surface area contributed by atoms with Gasteiger partial charge in [0.1, 0.15) is 6.54 Å². The third kappa shape index (κ3) is 5.27. The Balaban J connectivity index is 1.90. The van der Waals surface area contributed by atoms with Gasteiger partial charge in [-0.3, -0.25) is 20.0 Å². The smallest absolute Gasteiger partial charge is 0.413 e. The van der Waals surface area contributed by atoms with Gasteiger partial charge in [-0.1, -0.05) is 18.2 Å². The number of nitrogens with zero attached hydrogens (tertiary/aromatic N) is 2. The maximum absolute atomic E-state index is 12.2. The highest BCUT2D eigenvalue weighted by atomic mass is 16.5. The van der Waals surface area contributed by atoms with E-state index in [4.69, 9.17) is 4.74 Å². The van der Waals surface area contributed by atoms with Crippen molar-refractivity contribution in [2.75, 3.05) is 26.3 Å². The van der Waals surface area contributed by atoms with Crippen molar-refractivity contribution in [2.45, 2.75) is 13.8 Å². The van der Waals surface area contributed by atoms with Crippen LogP contribution in [0.15, 0.2) is 24.3 Å². The highest BCUT2D eigenvalue weighted by molar-refractivity contribution is 6.02. The molecule has 1 aromatic heterocycles. The van der Waals surface area contributed by atoms with Gasteiger partial charge in [0.25, 0.3) is 5.91 Å². The maximum atomic E-state index is 12.2. The minimum absolute atomic E-state index is 0.0708. The predicted octanol–water partition coefficient (Wildman–Crippen LogP) is 0.841. The SMILES string of the molecule is CCOC(=O)NC(=O)CN(CC)C(=O)COC(=O)c1n[nH]c2ccccc12. The van der Waals surface area contributed by atoms with E-state index in [1.165, 1.54) is 0 Å². The van der Waals surface area contributed by atoms with Crippen molar-refractivity contribution < 1.29 is 28.7 Å². The van der Waals surface area contributed by atoms with Gasteiger partial charge < -0.3 is 14.4 Å². The van der Waals surface area contributed by atoms with Crippen LogP contribution in [0.2, 0.25) is 0 Å². The normalized spacial score (nSPS) is 10.3. The van der Waals surface area contributed by atoms with Crippen molar-refractivity contribution in [1.29, 1.82) is 0 Å². The first-order valence-corrected chi connectivity index (χ1v) is 8.30. The minimum atomic E-state index is -0.886. The van der Waals surface area contributed by atoms with Crippen molar-refractivity contribution >= 4 is 34.8 Å². The summed E-state index contributed by atoms with van der Waals surface area (Å²) in [5.41, 5.74) is 0.739. The summed E-state index contributed by atoms with van der Waals surface area (Å²) < 4.78 is 9.59. The van der Waals surface area contributed by atoms with Gasteiger partial charge in [0.2, 0.25) is 5.91 Å². The van der Waals surface area contributed by atoms with Crippen molar-refractivity contribution in [3.8, 4) is 0 Å². The molecule has 2 rings (SSSR count). The summed E-state index contributed by atoms with van der Waals surface area (Å²) >= 11 is 0. The molecule has 0 aliphatic carbocycles. The molecule has 27 heavy (non-hydrogen) atoms. The number of para-hydroxylation sites is 1. The third-order valence-electron chi connectivity index (χ3n) is 3.58. The summed E-state index contributed by atoms with van der Waals surface area (Å²) in [5, 5.41) is 9.17. The largest absolute Gasteiger partial charge is 0.451 e. The number of ether oxygens (including phenoxy) is 2. The molecule has 10 nitrogen and oxygen atoms in total. The third-order valence-corrected chi connectivity index (χ3v) is 3.58. The van der Waals surface area contributed by atoms with E-state index in [2.05, 4.69) is 14.9 Å². The average Bonchev–Trinajstić information content (AvgIpc) is 3.08. The highest BCUT2D eigenvalue weighted by Gasteiger charge is 2.21. The highest BCUT2D eigenvalue weighted by Crippen LogP contribution is 2.15. The number of likely N-dealkylation sites (N-methyl/N-ethyl adjacent to an activating group) is 1. The predicted molar refractivity (Wildman–Crippen MR) is 93.8 cm³/mol. The fourth-order valence-corrected chi connectivity index (χ4v) is 2.28. The van der Waals surface area contributed by atoms with Crippen LogP contribution >= 0.6 is 0 Å². The number of imide groups is 1. The molecule has 1 heterocycles. The zero-order valence-electron chi connectivity index (χ0n) is 15.0. The van der Waals surface area contributed by atoms with Crippen LogP contribution in [0.5, 0.6) is 0 Å². The molecule has 0 atom stereocenters. The molecule has 1 aromatic carbocycles. The van der Waals surface area contributed by atoms with E-state index in [1.54, 1.807) is 38.1 Å². The fraction of sp³-hybridized carbons (Fsp3) is 0.353. The number of carbonyl (C=O) groups is 4. The Morgan fingerprint density at radius 2 is 1.89 bits per heavy atom. The monoisotopic (exact) mass is 376 g/mol. The molecule has 0 radical (unpaired) electrons. The first-order valence-electron chi connectivity index (χ1n) is 8.30. The number of nitrogens with one attached hydrogen (secondary N) is 2. The van der Waals surface area contributed by atoms with Gasteiger partial charge in [-0.15, -0.1) is 0 Å².